The van der Waals surface area contributed by atoms with Crippen molar-refractivity contribution in [3.8, 4) is 5.75 Å². The smallest absolute Gasteiger partial charge is 0.119 e. The maximum absolute atomic E-state index is 10.2. The molecule has 1 saturated carbocycles. The Kier molecular flexibility index (Phi) is 2.70. The average Bonchev–Trinajstić information content (AvgIpc) is 2.16. The molecule has 1 N–H and O–H groups in total. The molecule has 0 aliphatic heterocycles. The quantitative estimate of drug-likeness (QED) is 0.823. The van der Waals surface area contributed by atoms with Crippen LogP contribution in [-0.2, 0) is 6.42 Å². The fourth-order valence-corrected chi connectivity index (χ4v) is 2.54. The first-order valence-corrected chi connectivity index (χ1v) is 5.47. The molecule has 1 aromatic rings. The summed E-state index contributed by atoms with van der Waals surface area (Å²) in [5.41, 5.74) is 0.690. The van der Waals surface area contributed by atoms with Crippen LogP contribution in [-0.4, -0.2) is 17.8 Å². The molecule has 2 rings (SSSR count). The van der Waals surface area contributed by atoms with Crippen LogP contribution in [0.1, 0.15) is 25.3 Å². The van der Waals surface area contributed by atoms with E-state index in [0.717, 1.165) is 30.6 Å². The Labute approximate surface area is 90.9 Å². The molecule has 1 aromatic carbocycles. The molecule has 0 saturated heterocycles. The highest BCUT2D eigenvalue weighted by atomic mass is 16.5. The van der Waals surface area contributed by atoms with E-state index in [1.807, 2.05) is 24.3 Å². The average molecular weight is 206 g/mol. The molecule has 0 aromatic heterocycles. The highest BCUT2D eigenvalue weighted by Gasteiger charge is 2.39. The lowest BCUT2D eigenvalue weighted by atomic mass is 9.69. The topological polar surface area (TPSA) is 29.5 Å². The van der Waals surface area contributed by atoms with Crippen LogP contribution < -0.4 is 4.74 Å². The van der Waals surface area contributed by atoms with E-state index in [2.05, 4.69) is 6.92 Å². The van der Waals surface area contributed by atoms with Crippen molar-refractivity contribution in [1.29, 1.82) is 0 Å². The molecule has 2 nitrogen and oxygen atoms in total. The van der Waals surface area contributed by atoms with Gasteiger partial charge in [-0.1, -0.05) is 19.1 Å². The monoisotopic (exact) mass is 206 g/mol. The van der Waals surface area contributed by atoms with Crippen LogP contribution in [0.5, 0.6) is 5.75 Å². The second-order valence-electron chi connectivity index (χ2n) is 4.77. The highest BCUT2D eigenvalue weighted by molar-refractivity contribution is 5.29. The zero-order valence-corrected chi connectivity index (χ0v) is 9.36. The molecular formula is C13H18O2. The summed E-state index contributed by atoms with van der Waals surface area (Å²) in [6.45, 7) is 2.18. The SMILES string of the molecule is COc1cccc(CC2(O)CC(C)C2)c1. The largest absolute Gasteiger partial charge is 0.497 e. The van der Waals surface area contributed by atoms with Crippen LogP contribution in [0.3, 0.4) is 0 Å². The lowest BCUT2D eigenvalue weighted by Gasteiger charge is -2.42. The molecular weight excluding hydrogens is 188 g/mol. The summed E-state index contributed by atoms with van der Waals surface area (Å²) in [5, 5.41) is 10.2. The molecule has 1 fully saturated rings. The van der Waals surface area contributed by atoms with Gasteiger partial charge in [0.25, 0.3) is 0 Å². The second-order valence-corrected chi connectivity index (χ2v) is 4.77. The number of methoxy groups -OCH3 is 1. The lowest BCUT2D eigenvalue weighted by Crippen LogP contribution is -2.44. The number of hydrogen-bond donors (Lipinski definition) is 1. The van der Waals surface area contributed by atoms with E-state index in [-0.39, 0.29) is 0 Å². The Morgan fingerprint density at radius 1 is 1.47 bits per heavy atom. The maximum atomic E-state index is 10.2. The normalized spacial score (nSPS) is 29.7. The van der Waals surface area contributed by atoms with Gasteiger partial charge in [0.1, 0.15) is 5.75 Å². The fourth-order valence-electron chi connectivity index (χ4n) is 2.54. The van der Waals surface area contributed by atoms with Crippen LogP contribution in [0.25, 0.3) is 0 Å². The van der Waals surface area contributed by atoms with Crippen molar-refractivity contribution < 1.29 is 9.84 Å². The Balaban J connectivity index is 2.04. The van der Waals surface area contributed by atoms with Crippen molar-refractivity contribution in [3.05, 3.63) is 29.8 Å². The minimum atomic E-state index is -0.466. The Hall–Kier alpha value is -1.02. The van der Waals surface area contributed by atoms with Gasteiger partial charge in [0, 0.05) is 6.42 Å². The van der Waals surface area contributed by atoms with Crippen LogP contribution >= 0.6 is 0 Å². The van der Waals surface area contributed by atoms with Crippen molar-refractivity contribution in [2.24, 2.45) is 5.92 Å². The van der Waals surface area contributed by atoms with E-state index in [1.54, 1.807) is 7.11 Å². The van der Waals surface area contributed by atoms with Crippen LogP contribution in [0.15, 0.2) is 24.3 Å². The summed E-state index contributed by atoms with van der Waals surface area (Å²) < 4.78 is 5.16. The lowest BCUT2D eigenvalue weighted by molar-refractivity contribution is -0.0665. The number of rotatable bonds is 3. The number of aliphatic hydroxyl groups is 1. The van der Waals surface area contributed by atoms with E-state index in [4.69, 9.17) is 4.74 Å². The van der Waals surface area contributed by atoms with Gasteiger partial charge in [-0.15, -0.1) is 0 Å². The predicted octanol–water partition coefficient (Wildman–Crippen LogP) is 2.40. The zero-order valence-electron chi connectivity index (χ0n) is 9.36. The summed E-state index contributed by atoms with van der Waals surface area (Å²) in [6, 6.07) is 7.95. The molecule has 15 heavy (non-hydrogen) atoms. The van der Waals surface area contributed by atoms with E-state index in [0.29, 0.717) is 5.92 Å². The Morgan fingerprint density at radius 3 is 2.80 bits per heavy atom. The molecule has 2 heteroatoms. The first-order chi connectivity index (χ1) is 7.11. The fraction of sp³-hybridized carbons (Fsp3) is 0.538. The summed E-state index contributed by atoms with van der Waals surface area (Å²) in [4.78, 5) is 0. The minimum absolute atomic E-state index is 0.466. The number of benzene rings is 1. The third-order valence-electron chi connectivity index (χ3n) is 3.12. The first-order valence-electron chi connectivity index (χ1n) is 5.47. The zero-order chi connectivity index (χ0) is 10.9. The number of ether oxygens (including phenoxy) is 1. The molecule has 0 unspecified atom stereocenters. The van der Waals surface area contributed by atoms with Crippen molar-refractivity contribution in [3.63, 3.8) is 0 Å². The van der Waals surface area contributed by atoms with Gasteiger partial charge in [-0.2, -0.15) is 0 Å². The molecule has 0 spiro atoms. The molecule has 1 aliphatic carbocycles. The summed E-state index contributed by atoms with van der Waals surface area (Å²) in [7, 11) is 1.67. The molecule has 0 atom stereocenters. The van der Waals surface area contributed by atoms with Crippen LogP contribution in [0.2, 0.25) is 0 Å². The molecule has 82 valence electrons. The van der Waals surface area contributed by atoms with Gasteiger partial charge in [-0.05, 0) is 36.5 Å². The number of hydrogen-bond acceptors (Lipinski definition) is 2. The molecule has 0 heterocycles. The molecule has 1 aliphatic rings. The van der Waals surface area contributed by atoms with Gasteiger partial charge in [-0.25, -0.2) is 0 Å². The van der Waals surface area contributed by atoms with Crippen molar-refractivity contribution in [2.75, 3.05) is 7.11 Å². The van der Waals surface area contributed by atoms with Gasteiger partial charge in [0.2, 0.25) is 0 Å². The Bertz CT molecular complexity index is 340. The maximum Gasteiger partial charge on any atom is 0.119 e. The summed E-state index contributed by atoms with van der Waals surface area (Å²) >= 11 is 0. The predicted molar refractivity (Wildman–Crippen MR) is 60.0 cm³/mol. The van der Waals surface area contributed by atoms with Crippen LogP contribution in [0, 0.1) is 5.92 Å². The van der Waals surface area contributed by atoms with E-state index < -0.39 is 5.60 Å². The standard InChI is InChI=1S/C13H18O2/c1-10-7-13(14,8-10)9-11-4-3-5-12(6-11)15-2/h3-6,10,14H,7-9H2,1-2H3. The first kappa shape index (κ1) is 10.5. The van der Waals surface area contributed by atoms with E-state index >= 15 is 0 Å². The molecule has 0 radical (unpaired) electrons. The van der Waals surface area contributed by atoms with Gasteiger partial charge >= 0.3 is 0 Å². The Morgan fingerprint density at radius 2 is 2.20 bits per heavy atom. The minimum Gasteiger partial charge on any atom is -0.497 e. The van der Waals surface area contributed by atoms with E-state index in [9.17, 15) is 5.11 Å². The van der Waals surface area contributed by atoms with Gasteiger partial charge < -0.3 is 9.84 Å². The third-order valence-corrected chi connectivity index (χ3v) is 3.12. The second kappa shape index (κ2) is 3.86. The van der Waals surface area contributed by atoms with Crippen molar-refractivity contribution in [2.45, 2.75) is 31.8 Å². The highest BCUT2D eigenvalue weighted by Crippen LogP contribution is 2.39. The molecule has 0 amide bonds. The third kappa shape index (κ3) is 2.32. The summed E-state index contributed by atoms with van der Waals surface area (Å²) in [6.07, 6.45) is 2.59. The van der Waals surface area contributed by atoms with Gasteiger partial charge in [0.05, 0.1) is 12.7 Å². The van der Waals surface area contributed by atoms with Gasteiger partial charge in [0.15, 0.2) is 0 Å². The van der Waals surface area contributed by atoms with E-state index in [1.165, 1.54) is 0 Å². The van der Waals surface area contributed by atoms with Crippen molar-refractivity contribution >= 4 is 0 Å². The summed E-state index contributed by atoms with van der Waals surface area (Å²) in [5.74, 6) is 1.53. The van der Waals surface area contributed by atoms with Crippen LogP contribution in [0.4, 0.5) is 0 Å². The van der Waals surface area contributed by atoms with Gasteiger partial charge in [-0.3, -0.25) is 0 Å². The van der Waals surface area contributed by atoms with Crippen molar-refractivity contribution in [1.82, 2.24) is 0 Å². The molecule has 0 bridgehead atoms.